The normalized spacial score (nSPS) is 16.6. The number of hydrogen-bond donors (Lipinski definition) is 0. The van der Waals surface area contributed by atoms with Gasteiger partial charge in [-0.15, -0.1) is 0 Å². The Bertz CT molecular complexity index is 854. The average Bonchev–Trinajstić information content (AvgIpc) is 2.68. The summed E-state index contributed by atoms with van der Waals surface area (Å²) in [4.78, 5) is 14.5. The summed E-state index contributed by atoms with van der Waals surface area (Å²) in [5.41, 5.74) is 1.00. The van der Waals surface area contributed by atoms with E-state index in [2.05, 4.69) is 34.7 Å². The minimum atomic E-state index is -1.16. The summed E-state index contributed by atoms with van der Waals surface area (Å²) in [5.74, 6) is 2.76. The van der Waals surface area contributed by atoms with E-state index in [1.165, 1.54) is 0 Å². The van der Waals surface area contributed by atoms with Gasteiger partial charge in [-0.25, -0.2) is 9.97 Å². The molecule has 2 aromatic rings. The molecule has 0 spiro atoms. The van der Waals surface area contributed by atoms with Crippen molar-refractivity contribution in [3.8, 4) is 0 Å². The van der Waals surface area contributed by atoms with Gasteiger partial charge in [0, 0.05) is 61.2 Å². The van der Waals surface area contributed by atoms with Crippen molar-refractivity contribution < 1.29 is 4.21 Å². The van der Waals surface area contributed by atoms with Crippen LogP contribution in [0.2, 0.25) is 10.0 Å². The molecule has 1 aliphatic heterocycles. The standard InChI is InChI=1S/C20H26Cl2N4OS/c1-14(2)20-23-15(3)12-19(24-20)26-8-6-25(7-9-26)10-11-28(27)18-13-16(21)4-5-17(18)22/h4-5,12-14H,6-11H2,1-3H3. The molecule has 0 amide bonds. The van der Waals surface area contributed by atoms with Crippen molar-refractivity contribution in [2.24, 2.45) is 0 Å². The van der Waals surface area contributed by atoms with Gasteiger partial charge in [-0.2, -0.15) is 0 Å². The maximum absolute atomic E-state index is 12.6. The molecule has 0 radical (unpaired) electrons. The van der Waals surface area contributed by atoms with E-state index in [-0.39, 0.29) is 0 Å². The number of benzene rings is 1. The fourth-order valence-corrected chi connectivity index (χ4v) is 4.97. The van der Waals surface area contributed by atoms with Crippen LogP contribution in [0.1, 0.15) is 31.3 Å². The fourth-order valence-electron chi connectivity index (χ4n) is 3.17. The first kappa shape index (κ1) is 21.5. The Hall–Kier alpha value is -1.21. The third-order valence-electron chi connectivity index (χ3n) is 4.80. The molecule has 0 bridgehead atoms. The Labute approximate surface area is 179 Å². The lowest BCUT2D eigenvalue weighted by atomic mass is 10.2. The zero-order valence-corrected chi connectivity index (χ0v) is 18.8. The molecule has 1 unspecified atom stereocenters. The van der Waals surface area contributed by atoms with Crippen molar-refractivity contribution in [2.45, 2.75) is 31.6 Å². The van der Waals surface area contributed by atoms with Crippen LogP contribution in [0.15, 0.2) is 29.2 Å². The summed E-state index contributed by atoms with van der Waals surface area (Å²) in [6.07, 6.45) is 0. The second kappa shape index (κ2) is 9.53. The van der Waals surface area contributed by atoms with Crippen LogP contribution in [0.3, 0.4) is 0 Å². The number of hydrogen-bond acceptors (Lipinski definition) is 5. The Kier molecular flexibility index (Phi) is 7.31. The highest BCUT2D eigenvalue weighted by molar-refractivity contribution is 7.85. The molecule has 3 rings (SSSR count). The highest BCUT2D eigenvalue weighted by atomic mass is 35.5. The first-order valence-electron chi connectivity index (χ1n) is 9.50. The van der Waals surface area contributed by atoms with Crippen molar-refractivity contribution in [2.75, 3.05) is 43.4 Å². The van der Waals surface area contributed by atoms with Crippen LogP contribution >= 0.6 is 23.2 Å². The summed E-state index contributed by atoms with van der Waals surface area (Å²) >= 11 is 12.2. The number of rotatable bonds is 6. The van der Waals surface area contributed by atoms with Crippen molar-refractivity contribution in [3.05, 3.63) is 45.8 Å². The second-order valence-corrected chi connectivity index (χ2v) is 9.72. The summed E-state index contributed by atoms with van der Waals surface area (Å²) in [6.45, 7) is 10.6. The Morgan fingerprint density at radius 2 is 1.82 bits per heavy atom. The summed E-state index contributed by atoms with van der Waals surface area (Å²) in [6, 6.07) is 7.16. The number of piperazine rings is 1. The van der Waals surface area contributed by atoms with Gasteiger partial charge in [-0.3, -0.25) is 9.11 Å². The number of nitrogens with zero attached hydrogens (tertiary/aromatic N) is 4. The molecule has 1 atom stereocenters. The predicted molar refractivity (Wildman–Crippen MR) is 117 cm³/mol. The predicted octanol–water partition coefficient (Wildman–Crippen LogP) is 4.15. The van der Waals surface area contributed by atoms with Crippen LogP contribution in [0.25, 0.3) is 0 Å². The Balaban J connectivity index is 1.55. The van der Waals surface area contributed by atoms with E-state index in [4.69, 9.17) is 28.2 Å². The number of aromatic nitrogens is 2. The lowest BCUT2D eigenvalue weighted by Crippen LogP contribution is -2.47. The van der Waals surface area contributed by atoms with Gasteiger partial charge in [-0.05, 0) is 25.1 Å². The molecule has 1 saturated heterocycles. The fraction of sp³-hybridized carbons (Fsp3) is 0.500. The van der Waals surface area contributed by atoms with Gasteiger partial charge >= 0.3 is 0 Å². The highest BCUT2D eigenvalue weighted by Crippen LogP contribution is 2.24. The van der Waals surface area contributed by atoms with Crippen molar-refractivity contribution >= 4 is 39.8 Å². The van der Waals surface area contributed by atoms with Gasteiger partial charge in [0.1, 0.15) is 11.6 Å². The number of halogens is 2. The molecule has 0 N–H and O–H groups in total. The summed E-state index contributed by atoms with van der Waals surface area (Å²) in [5, 5.41) is 1.06. The van der Waals surface area contributed by atoms with E-state index in [0.29, 0.717) is 26.6 Å². The van der Waals surface area contributed by atoms with Crippen LogP contribution in [-0.2, 0) is 10.8 Å². The Morgan fingerprint density at radius 1 is 1.11 bits per heavy atom. The van der Waals surface area contributed by atoms with E-state index >= 15 is 0 Å². The van der Waals surface area contributed by atoms with Crippen LogP contribution in [-0.4, -0.2) is 57.6 Å². The lowest BCUT2D eigenvalue weighted by Gasteiger charge is -2.35. The average molecular weight is 441 g/mol. The van der Waals surface area contributed by atoms with Crippen LogP contribution in [0.5, 0.6) is 0 Å². The molecule has 8 heteroatoms. The van der Waals surface area contributed by atoms with E-state index in [0.717, 1.165) is 50.1 Å². The molecule has 0 saturated carbocycles. The van der Waals surface area contributed by atoms with E-state index in [9.17, 15) is 4.21 Å². The molecular weight excluding hydrogens is 415 g/mol. The summed E-state index contributed by atoms with van der Waals surface area (Å²) < 4.78 is 12.6. The monoisotopic (exact) mass is 440 g/mol. The molecule has 1 aromatic heterocycles. The van der Waals surface area contributed by atoms with Crippen molar-refractivity contribution in [1.29, 1.82) is 0 Å². The topological polar surface area (TPSA) is 49.3 Å². The SMILES string of the molecule is Cc1cc(N2CCN(CCS(=O)c3cc(Cl)ccc3Cl)CC2)nc(C(C)C)n1. The zero-order valence-electron chi connectivity index (χ0n) is 16.5. The maximum Gasteiger partial charge on any atom is 0.133 e. The minimum absolute atomic E-state index is 0.313. The first-order valence-corrected chi connectivity index (χ1v) is 11.6. The number of anilines is 1. The van der Waals surface area contributed by atoms with E-state index in [1.807, 2.05) is 6.92 Å². The highest BCUT2D eigenvalue weighted by Gasteiger charge is 2.20. The van der Waals surface area contributed by atoms with Crippen molar-refractivity contribution in [1.82, 2.24) is 14.9 Å². The van der Waals surface area contributed by atoms with Gasteiger partial charge in [0.2, 0.25) is 0 Å². The molecule has 2 heterocycles. The molecule has 0 aliphatic carbocycles. The molecule has 1 aliphatic rings. The molecule has 152 valence electrons. The van der Waals surface area contributed by atoms with Crippen LogP contribution in [0, 0.1) is 6.92 Å². The molecule has 1 fully saturated rings. The molecule has 28 heavy (non-hydrogen) atoms. The van der Waals surface area contributed by atoms with E-state index < -0.39 is 10.8 Å². The van der Waals surface area contributed by atoms with Gasteiger partial charge in [-0.1, -0.05) is 37.0 Å². The zero-order chi connectivity index (χ0) is 20.3. The quantitative estimate of drug-likeness (QED) is 0.674. The summed E-state index contributed by atoms with van der Waals surface area (Å²) in [7, 11) is -1.16. The lowest BCUT2D eigenvalue weighted by molar-refractivity contribution is 0.272. The van der Waals surface area contributed by atoms with E-state index in [1.54, 1.807) is 18.2 Å². The Morgan fingerprint density at radius 3 is 2.50 bits per heavy atom. The smallest absolute Gasteiger partial charge is 0.133 e. The van der Waals surface area contributed by atoms with Crippen LogP contribution in [0.4, 0.5) is 5.82 Å². The van der Waals surface area contributed by atoms with Gasteiger partial charge in [0.15, 0.2) is 0 Å². The minimum Gasteiger partial charge on any atom is -0.354 e. The third kappa shape index (κ3) is 5.44. The van der Waals surface area contributed by atoms with Crippen LogP contribution < -0.4 is 4.90 Å². The molecular formula is C20H26Cl2N4OS. The number of aryl methyl sites for hydroxylation is 1. The van der Waals surface area contributed by atoms with Gasteiger partial charge < -0.3 is 4.90 Å². The first-order chi connectivity index (χ1) is 13.3. The van der Waals surface area contributed by atoms with Gasteiger partial charge in [0.25, 0.3) is 0 Å². The second-order valence-electron chi connectivity index (χ2n) is 7.33. The maximum atomic E-state index is 12.6. The molecule has 1 aromatic carbocycles. The van der Waals surface area contributed by atoms with Crippen molar-refractivity contribution in [3.63, 3.8) is 0 Å². The molecule has 5 nitrogen and oxygen atoms in total. The third-order valence-corrected chi connectivity index (χ3v) is 6.86. The largest absolute Gasteiger partial charge is 0.354 e. The van der Waals surface area contributed by atoms with Gasteiger partial charge in [0.05, 0.1) is 20.7 Å².